The summed E-state index contributed by atoms with van der Waals surface area (Å²) in [4.78, 5) is 6.38. The molecular formula is C18H25N3. The predicted octanol–water partition coefficient (Wildman–Crippen LogP) is 3.14. The van der Waals surface area contributed by atoms with Crippen LogP contribution in [0.3, 0.4) is 0 Å². The van der Waals surface area contributed by atoms with E-state index in [0.717, 1.165) is 6.54 Å². The smallest absolute Gasteiger partial charge is 0.0473 e. The zero-order chi connectivity index (χ0) is 15.4. The number of benzene rings is 1. The van der Waals surface area contributed by atoms with Crippen LogP contribution < -0.4 is 5.73 Å². The van der Waals surface area contributed by atoms with Crippen molar-refractivity contribution in [3.05, 3.63) is 64.5 Å². The molecule has 0 bridgehead atoms. The molecule has 21 heavy (non-hydrogen) atoms. The van der Waals surface area contributed by atoms with E-state index in [1.165, 1.54) is 27.8 Å². The van der Waals surface area contributed by atoms with Crippen molar-refractivity contribution in [3.8, 4) is 0 Å². The van der Waals surface area contributed by atoms with Crippen molar-refractivity contribution >= 4 is 0 Å². The van der Waals surface area contributed by atoms with Gasteiger partial charge in [-0.15, -0.1) is 0 Å². The van der Waals surface area contributed by atoms with Gasteiger partial charge >= 0.3 is 0 Å². The van der Waals surface area contributed by atoms with Crippen LogP contribution in [0.25, 0.3) is 0 Å². The summed E-state index contributed by atoms with van der Waals surface area (Å²) in [6.45, 7) is 7.98. The van der Waals surface area contributed by atoms with Crippen LogP contribution in [-0.2, 0) is 6.54 Å². The van der Waals surface area contributed by atoms with Crippen LogP contribution in [0.2, 0.25) is 0 Å². The van der Waals surface area contributed by atoms with Gasteiger partial charge in [0.1, 0.15) is 0 Å². The Bertz CT molecular complexity index is 593. The third kappa shape index (κ3) is 3.69. The number of rotatable bonds is 5. The van der Waals surface area contributed by atoms with Crippen molar-refractivity contribution in [1.29, 1.82) is 0 Å². The molecule has 0 aliphatic rings. The molecule has 0 aliphatic heterocycles. The second kappa shape index (κ2) is 6.83. The lowest BCUT2D eigenvalue weighted by atomic mass is 9.95. The first-order valence-corrected chi connectivity index (χ1v) is 7.40. The largest absolute Gasteiger partial charge is 0.329 e. The van der Waals surface area contributed by atoms with Gasteiger partial charge in [-0.05, 0) is 67.8 Å². The Balaban J connectivity index is 2.25. The van der Waals surface area contributed by atoms with E-state index in [-0.39, 0.29) is 6.04 Å². The van der Waals surface area contributed by atoms with Crippen molar-refractivity contribution < 1.29 is 0 Å². The maximum absolute atomic E-state index is 6.06. The summed E-state index contributed by atoms with van der Waals surface area (Å²) >= 11 is 0. The molecule has 1 heterocycles. The zero-order valence-electron chi connectivity index (χ0n) is 13.4. The highest BCUT2D eigenvalue weighted by Crippen LogP contribution is 2.26. The first-order valence-electron chi connectivity index (χ1n) is 7.40. The van der Waals surface area contributed by atoms with Gasteiger partial charge < -0.3 is 5.73 Å². The normalized spacial score (nSPS) is 12.7. The van der Waals surface area contributed by atoms with Gasteiger partial charge in [0.2, 0.25) is 0 Å². The van der Waals surface area contributed by atoms with E-state index in [4.69, 9.17) is 5.73 Å². The summed E-state index contributed by atoms with van der Waals surface area (Å²) in [5, 5.41) is 0. The zero-order valence-corrected chi connectivity index (χ0v) is 13.4. The lowest BCUT2D eigenvalue weighted by Crippen LogP contribution is -2.30. The van der Waals surface area contributed by atoms with Crippen molar-refractivity contribution in [2.75, 3.05) is 13.6 Å². The molecule has 0 aliphatic carbocycles. The molecule has 0 spiro atoms. The van der Waals surface area contributed by atoms with Crippen LogP contribution in [-0.4, -0.2) is 23.5 Å². The van der Waals surface area contributed by atoms with Gasteiger partial charge in [0.15, 0.2) is 0 Å². The fraction of sp³-hybridized carbons (Fsp3) is 0.389. The standard InChI is InChI=1S/C18H25N3/c1-13-9-15(3)17(10-14(13)2)18(11-19)21(4)12-16-5-7-20-8-6-16/h5-10,18H,11-12,19H2,1-4H3. The summed E-state index contributed by atoms with van der Waals surface area (Å²) < 4.78 is 0. The van der Waals surface area contributed by atoms with Gasteiger partial charge in [-0.2, -0.15) is 0 Å². The van der Waals surface area contributed by atoms with E-state index in [1.807, 2.05) is 12.4 Å². The molecule has 3 heteroatoms. The minimum atomic E-state index is 0.234. The molecular weight excluding hydrogens is 258 g/mol. The third-order valence-corrected chi connectivity index (χ3v) is 4.18. The van der Waals surface area contributed by atoms with Gasteiger partial charge in [0, 0.05) is 31.5 Å². The first kappa shape index (κ1) is 15.7. The molecule has 1 unspecified atom stereocenters. The van der Waals surface area contributed by atoms with Crippen LogP contribution in [0.5, 0.6) is 0 Å². The Kier molecular flexibility index (Phi) is 5.10. The summed E-state index contributed by atoms with van der Waals surface area (Å²) in [6.07, 6.45) is 3.67. The van der Waals surface area contributed by atoms with Crippen molar-refractivity contribution in [3.63, 3.8) is 0 Å². The molecule has 1 aromatic carbocycles. The number of likely N-dealkylation sites (N-methyl/N-ethyl adjacent to an activating group) is 1. The molecule has 3 nitrogen and oxygen atoms in total. The lowest BCUT2D eigenvalue weighted by molar-refractivity contribution is 0.241. The number of hydrogen-bond acceptors (Lipinski definition) is 3. The summed E-state index contributed by atoms with van der Waals surface area (Å²) in [5.74, 6) is 0. The summed E-state index contributed by atoms with van der Waals surface area (Å²) in [6, 6.07) is 8.88. The van der Waals surface area contributed by atoms with Crippen molar-refractivity contribution in [2.45, 2.75) is 33.4 Å². The summed E-state index contributed by atoms with van der Waals surface area (Å²) in [5.41, 5.74) is 12.6. The molecule has 1 atom stereocenters. The van der Waals surface area contributed by atoms with E-state index in [1.54, 1.807) is 0 Å². The SMILES string of the molecule is Cc1cc(C)c(C(CN)N(C)Cc2ccncc2)cc1C. The van der Waals surface area contributed by atoms with E-state index in [2.05, 4.69) is 62.0 Å². The molecule has 0 saturated heterocycles. The highest BCUT2D eigenvalue weighted by molar-refractivity contribution is 5.38. The second-order valence-electron chi connectivity index (χ2n) is 5.82. The fourth-order valence-electron chi connectivity index (χ4n) is 2.77. The molecule has 2 N–H and O–H groups in total. The minimum absolute atomic E-state index is 0.234. The van der Waals surface area contributed by atoms with Crippen LogP contribution in [0.4, 0.5) is 0 Å². The molecule has 2 aromatic rings. The molecule has 1 aromatic heterocycles. The Hall–Kier alpha value is -1.71. The number of pyridine rings is 1. The number of nitrogens with two attached hydrogens (primary N) is 1. The Labute approximate surface area is 127 Å². The highest BCUT2D eigenvalue weighted by atomic mass is 15.1. The van der Waals surface area contributed by atoms with E-state index < -0.39 is 0 Å². The highest BCUT2D eigenvalue weighted by Gasteiger charge is 2.18. The van der Waals surface area contributed by atoms with Crippen molar-refractivity contribution in [1.82, 2.24) is 9.88 Å². The second-order valence-corrected chi connectivity index (χ2v) is 5.82. The maximum atomic E-state index is 6.06. The fourth-order valence-corrected chi connectivity index (χ4v) is 2.77. The monoisotopic (exact) mass is 283 g/mol. The predicted molar refractivity (Wildman–Crippen MR) is 88.2 cm³/mol. The maximum Gasteiger partial charge on any atom is 0.0473 e. The third-order valence-electron chi connectivity index (χ3n) is 4.18. The van der Waals surface area contributed by atoms with E-state index in [0.29, 0.717) is 6.54 Å². The first-order chi connectivity index (χ1) is 10.0. The van der Waals surface area contributed by atoms with Crippen LogP contribution >= 0.6 is 0 Å². The number of hydrogen-bond donors (Lipinski definition) is 1. The minimum Gasteiger partial charge on any atom is -0.329 e. The van der Waals surface area contributed by atoms with Crippen molar-refractivity contribution in [2.24, 2.45) is 5.73 Å². The number of aromatic nitrogens is 1. The molecule has 0 fully saturated rings. The lowest BCUT2D eigenvalue weighted by Gasteiger charge is -2.29. The van der Waals surface area contributed by atoms with E-state index >= 15 is 0 Å². The Morgan fingerprint density at radius 2 is 1.67 bits per heavy atom. The quantitative estimate of drug-likeness (QED) is 0.916. The molecule has 0 amide bonds. The molecule has 2 rings (SSSR count). The average molecular weight is 283 g/mol. The van der Waals surface area contributed by atoms with E-state index in [9.17, 15) is 0 Å². The van der Waals surface area contributed by atoms with Crippen LogP contribution in [0.15, 0.2) is 36.7 Å². The molecule has 112 valence electrons. The molecule has 0 radical (unpaired) electrons. The van der Waals surface area contributed by atoms with Crippen LogP contribution in [0.1, 0.15) is 33.9 Å². The van der Waals surface area contributed by atoms with Gasteiger partial charge in [-0.3, -0.25) is 9.88 Å². The van der Waals surface area contributed by atoms with Gasteiger partial charge in [-0.25, -0.2) is 0 Å². The number of nitrogens with zero attached hydrogens (tertiary/aromatic N) is 2. The Morgan fingerprint density at radius 1 is 1.05 bits per heavy atom. The molecule has 0 saturated carbocycles. The topological polar surface area (TPSA) is 42.1 Å². The van der Waals surface area contributed by atoms with Gasteiger partial charge in [0.25, 0.3) is 0 Å². The Morgan fingerprint density at radius 3 is 2.29 bits per heavy atom. The average Bonchev–Trinajstić information content (AvgIpc) is 2.46. The van der Waals surface area contributed by atoms with Gasteiger partial charge in [0.05, 0.1) is 0 Å². The number of aryl methyl sites for hydroxylation is 3. The summed E-state index contributed by atoms with van der Waals surface area (Å²) in [7, 11) is 2.13. The van der Waals surface area contributed by atoms with Crippen LogP contribution in [0, 0.1) is 20.8 Å². The van der Waals surface area contributed by atoms with Gasteiger partial charge in [-0.1, -0.05) is 12.1 Å².